The van der Waals surface area contributed by atoms with Gasteiger partial charge >= 0.3 is 0 Å². The zero-order valence-electron chi connectivity index (χ0n) is 10.1. The number of hydrogen-bond acceptors (Lipinski definition) is 1. The minimum absolute atomic E-state index is 0.878. The van der Waals surface area contributed by atoms with E-state index in [1.165, 1.54) is 16.7 Å². The molecule has 0 radical (unpaired) electrons. The van der Waals surface area contributed by atoms with Crippen LogP contribution in [-0.2, 0) is 17.2 Å². The van der Waals surface area contributed by atoms with E-state index in [1.54, 1.807) is 6.26 Å². The molecule has 88 valence electrons. The molecule has 0 bridgehead atoms. The first kappa shape index (κ1) is 12.1. The first-order chi connectivity index (χ1) is 8.22. The van der Waals surface area contributed by atoms with Gasteiger partial charge in [0.05, 0.1) is 0 Å². The molecule has 0 spiro atoms. The van der Waals surface area contributed by atoms with Crippen LogP contribution in [0.2, 0.25) is 0 Å². The van der Waals surface area contributed by atoms with E-state index in [2.05, 4.69) is 31.2 Å². The maximum Gasteiger partial charge on any atom is 0.0498 e. The average Bonchev–Trinajstić information content (AvgIpc) is 2.39. The van der Waals surface area contributed by atoms with Crippen molar-refractivity contribution in [3.63, 3.8) is 0 Å². The second-order valence-corrected chi connectivity index (χ2v) is 5.37. The van der Waals surface area contributed by atoms with Crippen molar-refractivity contribution >= 4 is 10.8 Å². The van der Waals surface area contributed by atoms with E-state index in [-0.39, 0.29) is 0 Å². The van der Waals surface area contributed by atoms with Gasteiger partial charge < -0.3 is 0 Å². The molecule has 0 aliphatic rings. The first-order valence-corrected chi connectivity index (χ1v) is 7.30. The Balaban J connectivity index is 2.43. The van der Waals surface area contributed by atoms with Gasteiger partial charge in [0.25, 0.3) is 0 Å². The third-order valence-corrected chi connectivity index (χ3v) is 3.83. The van der Waals surface area contributed by atoms with E-state index in [9.17, 15) is 4.21 Å². The Morgan fingerprint density at radius 2 is 1.65 bits per heavy atom. The Labute approximate surface area is 105 Å². The molecule has 17 heavy (non-hydrogen) atoms. The summed E-state index contributed by atoms with van der Waals surface area (Å²) in [5.41, 5.74) is 3.80. The highest BCUT2D eigenvalue weighted by atomic mass is 32.2. The summed E-state index contributed by atoms with van der Waals surface area (Å²) in [6, 6.07) is 16.4. The standard InChI is InChI=1S/C15H16OS/c1-3-12-6-4-5-7-15(12)13-8-10-14(11-9-13)17(2)16/h4-11H,3H2,1-2H3. The third kappa shape index (κ3) is 2.64. The molecule has 1 atom stereocenters. The molecule has 2 heteroatoms. The monoisotopic (exact) mass is 244 g/mol. The maximum atomic E-state index is 11.3. The van der Waals surface area contributed by atoms with Crippen LogP contribution in [0.15, 0.2) is 53.4 Å². The minimum Gasteiger partial charge on any atom is -0.255 e. The lowest BCUT2D eigenvalue weighted by Crippen LogP contribution is -1.89. The Bertz CT molecular complexity index is 529. The van der Waals surface area contributed by atoms with Gasteiger partial charge in [-0.25, -0.2) is 0 Å². The van der Waals surface area contributed by atoms with Crippen LogP contribution in [0.4, 0.5) is 0 Å². The van der Waals surface area contributed by atoms with Crippen LogP contribution in [0.3, 0.4) is 0 Å². The van der Waals surface area contributed by atoms with Crippen molar-refractivity contribution < 1.29 is 4.21 Å². The first-order valence-electron chi connectivity index (χ1n) is 5.74. The van der Waals surface area contributed by atoms with Crippen molar-refractivity contribution in [2.45, 2.75) is 18.2 Å². The molecule has 0 aromatic heterocycles. The molecular formula is C15H16OS. The van der Waals surface area contributed by atoms with Crippen molar-refractivity contribution in [3.8, 4) is 11.1 Å². The second kappa shape index (κ2) is 5.28. The highest BCUT2D eigenvalue weighted by molar-refractivity contribution is 7.84. The van der Waals surface area contributed by atoms with Gasteiger partial charge in [-0.3, -0.25) is 4.21 Å². The van der Waals surface area contributed by atoms with Gasteiger partial charge in [-0.2, -0.15) is 0 Å². The number of rotatable bonds is 3. The fourth-order valence-electron chi connectivity index (χ4n) is 1.94. The van der Waals surface area contributed by atoms with Crippen LogP contribution >= 0.6 is 0 Å². The van der Waals surface area contributed by atoms with Gasteiger partial charge in [-0.1, -0.05) is 43.3 Å². The SMILES string of the molecule is CCc1ccccc1-c1ccc(S(C)=O)cc1. The zero-order valence-corrected chi connectivity index (χ0v) is 11.0. The molecule has 2 aromatic rings. The van der Waals surface area contributed by atoms with Gasteiger partial charge in [0.15, 0.2) is 0 Å². The van der Waals surface area contributed by atoms with Gasteiger partial charge in [-0.05, 0) is 35.2 Å². The van der Waals surface area contributed by atoms with Crippen molar-refractivity contribution in [2.24, 2.45) is 0 Å². The van der Waals surface area contributed by atoms with Crippen LogP contribution in [0.25, 0.3) is 11.1 Å². The van der Waals surface area contributed by atoms with Crippen molar-refractivity contribution in [1.29, 1.82) is 0 Å². The van der Waals surface area contributed by atoms with Crippen molar-refractivity contribution in [3.05, 3.63) is 54.1 Å². The summed E-state index contributed by atoms with van der Waals surface area (Å²) in [4.78, 5) is 0.878. The summed E-state index contributed by atoms with van der Waals surface area (Å²) in [6.45, 7) is 2.16. The molecule has 0 fully saturated rings. The number of aryl methyl sites for hydroxylation is 1. The normalized spacial score (nSPS) is 12.4. The number of hydrogen-bond donors (Lipinski definition) is 0. The Kier molecular flexibility index (Phi) is 3.75. The Hall–Kier alpha value is -1.41. The van der Waals surface area contributed by atoms with E-state index >= 15 is 0 Å². The molecule has 2 rings (SSSR count). The lowest BCUT2D eigenvalue weighted by molar-refractivity contribution is 0.687. The molecule has 0 N–H and O–H groups in total. The predicted molar refractivity (Wildman–Crippen MR) is 73.6 cm³/mol. The largest absolute Gasteiger partial charge is 0.255 e. The lowest BCUT2D eigenvalue weighted by Gasteiger charge is -2.08. The molecule has 0 heterocycles. The van der Waals surface area contributed by atoms with Crippen LogP contribution in [-0.4, -0.2) is 10.5 Å². The van der Waals surface area contributed by atoms with Crippen LogP contribution < -0.4 is 0 Å². The minimum atomic E-state index is -0.901. The smallest absolute Gasteiger partial charge is 0.0498 e. The lowest BCUT2D eigenvalue weighted by atomic mass is 9.98. The summed E-state index contributed by atoms with van der Waals surface area (Å²) >= 11 is 0. The molecule has 2 aromatic carbocycles. The molecule has 0 amide bonds. The summed E-state index contributed by atoms with van der Waals surface area (Å²) in [6.07, 6.45) is 2.73. The fraction of sp³-hybridized carbons (Fsp3) is 0.200. The summed E-state index contributed by atoms with van der Waals surface area (Å²) in [7, 11) is -0.901. The van der Waals surface area contributed by atoms with Gasteiger partial charge in [0.1, 0.15) is 0 Å². The quantitative estimate of drug-likeness (QED) is 0.805. The maximum absolute atomic E-state index is 11.3. The molecular weight excluding hydrogens is 228 g/mol. The van der Waals surface area contributed by atoms with Crippen molar-refractivity contribution in [1.82, 2.24) is 0 Å². The van der Waals surface area contributed by atoms with Crippen LogP contribution in [0, 0.1) is 0 Å². The summed E-state index contributed by atoms with van der Waals surface area (Å²) < 4.78 is 11.3. The highest BCUT2D eigenvalue weighted by Gasteiger charge is 2.03. The molecule has 0 aliphatic carbocycles. The van der Waals surface area contributed by atoms with E-state index in [0.717, 1.165) is 11.3 Å². The van der Waals surface area contributed by atoms with Crippen LogP contribution in [0.5, 0.6) is 0 Å². The van der Waals surface area contributed by atoms with Crippen molar-refractivity contribution in [2.75, 3.05) is 6.26 Å². The zero-order chi connectivity index (χ0) is 12.3. The van der Waals surface area contributed by atoms with Crippen LogP contribution in [0.1, 0.15) is 12.5 Å². The average molecular weight is 244 g/mol. The number of benzene rings is 2. The van der Waals surface area contributed by atoms with E-state index in [1.807, 2.05) is 24.3 Å². The van der Waals surface area contributed by atoms with Gasteiger partial charge in [0.2, 0.25) is 0 Å². The topological polar surface area (TPSA) is 17.1 Å². The molecule has 0 saturated heterocycles. The Morgan fingerprint density at radius 3 is 2.24 bits per heavy atom. The van der Waals surface area contributed by atoms with Gasteiger partial charge in [0, 0.05) is 22.0 Å². The third-order valence-electron chi connectivity index (χ3n) is 2.90. The summed E-state index contributed by atoms with van der Waals surface area (Å²) in [5, 5.41) is 0. The highest BCUT2D eigenvalue weighted by Crippen LogP contribution is 2.24. The molecule has 0 aliphatic heterocycles. The molecule has 1 unspecified atom stereocenters. The Morgan fingerprint density at radius 1 is 1.00 bits per heavy atom. The van der Waals surface area contributed by atoms with Gasteiger partial charge in [-0.15, -0.1) is 0 Å². The molecule has 1 nitrogen and oxygen atoms in total. The second-order valence-electron chi connectivity index (χ2n) is 3.99. The molecule has 0 saturated carbocycles. The van der Waals surface area contributed by atoms with E-state index in [4.69, 9.17) is 0 Å². The summed E-state index contributed by atoms with van der Waals surface area (Å²) in [5.74, 6) is 0. The fourth-order valence-corrected chi connectivity index (χ4v) is 2.46. The van der Waals surface area contributed by atoms with E-state index in [0.29, 0.717) is 0 Å². The predicted octanol–water partition coefficient (Wildman–Crippen LogP) is 3.65. The van der Waals surface area contributed by atoms with E-state index < -0.39 is 10.8 Å².